The van der Waals surface area contributed by atoms with E-state index in [0.717, 1.165) is 42.4 Å². The van der Waals surface area contributed by atoms with E-state index in [0.29, 0.717) is 26.4 Å². The molecule has 0 aliphatic heterocycles. The van der Waals surface area contributed by atoms with Crippen molar-refractivity contribution >= 4 is 5.96 Å². The molecule has 2 rings (SSSR count). The van der Waals surface area contributed by atoms with Crippen molar-refractivity contribution < 1.29 is 14.2 Å². The van der Waals surface area contributed by atoms with E-state index in [1.807, 2.05) is 6.92 Å². The van der Waals surface area contributed by atoms with E-state index >= 15 is 0 Å². The minimum absolute atomic E-state index is 0.591. The normalized spacial score (nSPS) is 11.4. The van der Waals surface area contributed by atoms with Crippen LogP contribution >= 0.6 is 0 Å². The summed E-state index contributed by atoms with van der Waals surface area (Å²) in [5, 5.41) is 6.74. The van der Waals surface area contributed by atoms with E-state index in [1.165, 1.54) is 11.1 Å². The molecule has 0 atom stereocenters. The highest BCUT2D eigenvalue weighted by Crippen LogP contribution is 2.19. The molecule has 0 aliphatic rings. The van der Waals surface area contributed by atoms with Crippen LogP contribution in [0.25, 0.3) is 0 Å². The lowest BCUT2D eigenvalue weighted by molar-refractivity contribution is 0.0453. The second kappa shape index (κ2) is 13.6. The van der Waals surface area contributed by atoms with Crippen LogP contribution in [-0.4, -0.2) is 46.5 Å². The third-order valence-electron chi connectivity index (χ3n) is 4.70. The lowest BCUT2D eigenvalue weighted by Crippen LogP contribution is -2.37. The summed E-state index contributed by atoms with van der Waals surface area (Å²) in [4.78, 5) is 4.31. The maximum Gasteiger partial charge on any atom is 0.191 e. The zero-order chi connectivity index (χ0) is 21.6. The molecule has 30 heavy (non-hydrogen) atoms. The number of rotatable bonds is 12. The number of aryl methyl sites for hydroxylation is 1. The second-order valence-corrected chi connectivity index (χ2v) is 6.98. The van der Waals surface area contributed by atoms with Crippen molar-refractivity contribution in [1.29, 1.82) is 0 Å². The Morgan fingerprint density at radius 2 is 1.77 bits per heavy atom. The van der Waals surface area contributed by atoms with E-state index in [2.05, 4.69) is 65.0 Å². The van der Waals surface area contributed by atoms with Crippen LogP contribution in [0.15, 0.2) is 47.5 Å². The largest absolute Gasteiger partial charge is 0.496 e. The molecule has 2 aromatic carbocycles. The highest BCUT2D eigenvalue weighted by molar-refractivity contribution is 5.79. The van der Waals surface area contributed by atoms with Gasteiger partial charge in [0.05, 0.1) is 26.9 Å². The number of methoxy groups -OCH3 is 1. The maximum atomic E-state index is 5.65. The first-order valence-corrected chi connectivity index (χ1v) is 10.5. The number of aliphatic imine (C=N–C) groups is 1. The van der Waals surface area contributed by atoms with Gasteiger partial charge >= 0.3 is 0 Å². The SMILES string of the molecule is CCOCCOCc1cccc(CNC(=NC)NCCc2ccc(C)c(OC)c2)c1. The Morgan fingerprint density at radius 1 is 0.967 bits per heavy atom. The topological polar surface area (TPSA) is 64.1 Å². The number of benzene rings is 2. The summed E-state index contributed by atoms with van der Waals surface area (Å²) in [6.07, 6.45) is 0.895. The number of guanidine groups is 1. The summed E-state index contributed by atoms with van der Waals surface area (Å²) in [5.74, 6) is 1.71. The second-order valence-electron chi connectivity index (χ2n) is 6.98. The van der Waals surface area contributed by atoms with Crippen molar-refractivity contribution in [3.63, 3.8) is 0 Å². The van der Waals surface area contributed by atoms with Gasteiger partial charge in [-0.1, -0.05) is 36.4 Å². The van der Waals surface area contributed by atoms with Gasteiger partial charge in [-0.2, -0.15) is 0 Å². The molecule has 0 saturated carbocycles. The Labute approximate surface area is 180 Å². The highest BCUT2D eigenvalue weighted by Gasteiger charge is 2.03. The van der Waals surface area contributed by atoms with E-state index < -0.39 is 0 Å². The molecule has 0 fully saturated rings. The highest BCUT2D eigenvalue weighted by atomic mass is 16.5. The van der Waals surface area contributed by atoms with Crippen molar-refractivity contribution in [2.24, 2.45) is 4.99 Å². The van der Waals surface area contributed by atoms with Crippen molar-refractivity contribution in [2.75, 3.05) is 40.5 Å². The molecule has 0 aliphatic carbocycles. The molecule has 0 heterocycles. The van der Waals surface area contributed by atoms with Crippen molar-refractivity contribution in [1.82, 2.24) is 10.6 Å². The van der Waals surface area contributed by atoms with Gasteiger partial charge in [-0.3, -0.25) is 4.99 Å². The Morgan fingerprint density at radius 3 is 2.53 bits per heavy atom. The number of nitrogens with one attached hydrogen (secondary N) is 2. The Bertz CT molecular complexity index is 793. The smallest absolute Gasteiger partial charge is 0.191 e. The first kappa shape index (κ1) is 23.7. The quantitative estimate of drug-likeness (QED) is 0.317. The first-order valence-electron chi connectivity index (χ1n) is 10.5. The molecular formula is C24H35N3O3. The van der Waals surface area contributed by atoms with E-state index in [4.69, 9.17) is 14.2 Å². The van der Waals surface area contributed by atoms with Gasteiger partial charge in [0.1, 0.15) is 5.75 Å². The summed E-state index contributed by atoms with van der Waals surface area (Å²) in [6, 6.07) is 14.7. The molecular weight excluding hydrogens is 378 g/mol. The van der Waals surface area contributed by atoms with Crippen molar-refractivity contribution in [2.45, 2.75) is 33.4 Å². The summed E-state index contributed by atoms with van der Waals surface area (Å²) < 4.78 is 16.3. The molecule has 0 aromatic heterocycles. The molecule has 164 valence electrons. The number of nitrogens with zero attached hydrogens (tertiary/aromatic N) is 1. The van der Waals surface area contributed by atoms with Crippen LogP contribution in [0, 0.1) is 6.92 Å². The summed E-state index contributed by atoms with van der Waals surface area (Å²) in [5.41, 5.74) is 4.72. The maximum absolute atomic E-state index is 5.65. The van der Waals surface area contributed by atoms with Gasteiger partial charge in [0.2, 0.25) is 0 Å². The Balaban J connectivity index is 1.75. The van der Waals surface area contributed by atoms with Gasteiger partial charge < -0.3 is 24.8 Å². The fraction of sp³-hybridized carbons (Fsp3) is 0.458. The van der Waals surface area contributed by atoms with Gasteiger partial charge in [0.15, 0.2) is 5.96 Å². The molecule has 0 saturated heterocycles. The molecule has 2 N–H and O–H groups in total. The predicted molar refractivity (Wildman–Crippen MR) is 122 cm³/mol. The lowest BCUT2D eigenvalue weighted by Gasteiger charge is -2.13. The standard InChI is InChI=1S/C24H35N3O3/c1-5-29-13-14-30-18-22-8-6-7-21(15-22)17-27-24(25-3)26-12-11-20-10-9-19(2)23(16-20)28-4/h6-10,15-16H,5,11-14,17-18H2,1-4H3,(H2,25,26,27). The van der Waals surface area contributed by atoms with E-state index in [1.54, 1.807) is 14.2 Å². The van der Waals surface area contributed by atoms with Gasteiger partial charge in [-0.15, -0.1) is 0 Å². The first-order chi connectivity index (χ1) is 14.7. The minimum atomic E-state index is 0.591. The zero-order valence-corrected chi connectivity index (χ0v) is 18.7. The predicted octanol–water partition coefficient (Wildman–Crippen LogP) is 3.46. The third-order valence-corrected chi connectivity index (χ3v) is 4.70. The van der Waals surface area contributed by atoms with Crippen LogP contribution in [0.1, 0.15) is 29.2 Å². The molecule has 0 radical (unpaired) electrons. The monoisotopic (exact) mass is 413 g/mol. The molecule has 0 spiro atoms. The van der Waals surface area contributed by atoms with Crippen LogP contribution in [0.5, 0.6) is 5.75 Å². The summed E-state index contributed by atoms with van der Waals surface area (Å²) >= 11 is 0. The minimum Gasteiger partial charge on any atom is -0.496 e. The fourth-order valence-corrected chi connectivity index (χ4v) is 3.03. The number of hydrogen-bond acceptors (Lipinski definition) is 4. The molecule has 6 nitrogen and oxygen atoms in total. The van der Waals surface area contributed by atoms with Crippen LogP contribution in [0.3, 0.4) is 0 Å². The Kier molecular flexibility index (Phi) is 10.8. The lowest BCUT2D eigenvalue weighted by atomic mass is 10.1. The number of ether oxygens (including phenoxy) is 3. The third kappa shape index (κ3) is 8.43. The van der Waals surface area contributed by atoms with Gasteiger partial charge in [-0.25, -0.2) is 0 Å². The molecule has 0 bridgehead atoms. The molecule has 0 unspecified atom stereocenters. The number of hydrogen-bond donors (Lipinski definition) is 2. The summed E-state index contributed by atoms with van der Waals surface area (Å²) in [7, 11) is 3.49. The van der Waals surface area contributed by atoms with Crippen LogP contribution in [0.4, 0.5) is 0 Å². The van der Waals surface area contributed by atoms with E-state index in [9.17, 15) is 0 Å². The van der Waals surface area contributed by atoms with Crippen LogP contribution in [-0.2, 0) is 29.0 Å². The molecule has 2 aromatic rings. The van der Waals surface area contributed by atoms with Gasteiger partial charge in [0.25, 0.3) is 0 Å². The van der Waals surface area contributed by atoms with Crippen molar-refractivity contribution in [3.05, 3.63) is 64.7 Å². The van der Waals surface area contributed by atoms with Crippen molar-refractivity contribution in [3.8, 4) is 5.75 Å². The Hall–Kier alpha value is -2.57. The summed E-state index contributed by atoms with van der Waals surface area (Å²) in [6.45, 7) is 8.08. The molecule has 6 heteroatoms. The van der Waals surface area contributed by atoms with E-state index in [-0.39, 0.29) is 0 Å². The average Bonchev–Trinajstić information content (AvgIpc) is 2.77. The average molecular weight is 414 g/mol. The fourth-order valence-electron chi connectivity index (χ4n) is 3.03. The van der Waals surface area contributed by atoms with Crippen LogP contribution in [0.2, 0.25) is 0 Å². The molecule has 0 amide bonds. The van der Waals surface area contributed by atoms with Gasteiger partial charge in [-0.05, 0) is 48.6 Å². The zero-order valence-electron chi connectivity index (χ0n) is 18.7. The van der Waals surface area contributed by atoms with Crippen LogP contribution < -0.4 is 15.4 Å². The van der Waals surface area contributed by atoms with Gasteiger partial charge in [0, 0.05) is 26.7 Å².